The SMILES string of the molecule is C/C=C/C(=O)O.C=CCCCCCCCCC(=O)O.CC(=O)CC(=O)O.CCCCCCCCC(=O)O.O=C(O)C(Cl)(Cl)Cl.O=C(O)C(O)C(O)C(=O)O.O=C(O)COc1cc(Cl)c(Cl)cc1Cl. The quantitative estimate of drug-likeness (QED) is 0.0109. The number of aliphatic hydroxyl groups is 2. The van der Waals surface area contributed by atoms with Crippen LogP contribution in [0.1, 0.15) is 124 Å². The topological polar surface area (TPSA) is 365 Å². The molecule has 0 saturated heterocycles. The van der Waals surface area contributed by atoms with Gasteiger partial charge in [-0.15, -0.1) is 6.58 Å². The molecule has 0 aliphatic rings. The third kappa shape index (κ3) is 63.7. The van der Waals surface area contributed by atoms with Crippen LogP contribution in [0.3, 0.4) is 0 Å². The van der Waals surface area contributed by atoms with Crippen LogP contribution < -0.4 is 4.74 Å². The van der Waals surface area contributed by atoms with Crippen LogP contribution in [0.15, 0.2) is 36.9 Å². The van der Waals surface area contributed by atoms with Crippen molar-refractivity contribution < 1.29 is 99.0 Å². The Morgan fingerprint density at radius 2 is 1.00 bits per heavy atom. The highest BCUT2D eigenvalue weighted by molar-refractivity contribution is 6.75. The molecule has 1 aromatic rings. The first-order valence-corrected chi connectivity index (χ1v) is 22.3. The number of hydrogen-bond acceptors (Lipinski definition) is 12. The van der Waals surface area contributed by atoms with Crippen LogP contribution in [0, 0.1) is 0 Å². The van der Waals surface area contributed by atoms with E-state index in [1.54, 1.807) is 6.92 Å². The summed E-state index contributed by atoms with van der Waals surface area (Å²) < 4.78 is 2.69. The number of hydrogen-bond donors (Lipinski definition) is 10. The molecule has 1 rings (SSSR count). The lowest BCUT2D eigenvalue weighted by molar-refractivity contribution is -0.165. The van der Waals surface area contributed by atoms with E-state index in [0.29, 0.717) is 17.9 Å². The highest BCUT2D eigenvalue weighted by Gasteiger charge is 2.30. The number of unbranched alkanes of at least 4 members (excludes halogenated alkanes) is 11. The van der Waals surface area contributed by atoms with Gasteiger partial charge in [-0.25, -0.2) is 24.0 Å². The lowest BCUT2D eigenvalue weighted by Crippen LogP contribution is -2.39. The number of carboxylic acid groups (broad SMARTS) is 8. The normalized spacial score (nSPS) is 10.7. The fourth-order valence-corrected chi connectivity index (χ4v) is 4.30. The number of carboxylic acids is 8. The Kier molecular flexibility index (Phi) is 54.2. The summed E-state index contributed by atoms with van der Waals surface area (Å²) in [7, 11) is 0. The summed E-state index contributed by atoms with van der Waals surface area (Å²) >= 11 is 31.5. The Bertz CT molecular complexity index is 1640. The van der Waals surface area contributed by atoms with Gasteiger partial charge in [-0.1, -0.05) is 146 Å². The fraction of sp³-hybridized carbons (Fsp3) is 0.548. The van der Waals surface area contributed by atoms with Gasteiger partial charge in [0, 0.05) is 25.0 Å². The lowest BCUT2D eigenvalue weighted by Gasteiger charge is -2.07. The molecular formula is C42H62Cl6O20. The highest BCUT2D eigenvalue weighted by Crippen LogP contribution is 2.33. The van der Waals surface area contributed by atoms with Crippen LogP contribution >= 0.6 is 69.6 Å². The van der Waals surface area contributed by atoms with Crippen LogP contribution in [-0.2, 0) is 43.2 Å². The number of halogens is 6. The van der Waals surface area contributed by atoms with Gasteiger partial charge in [-0.3, -0.25) is 19.2 Å². The van der Waals surface area contributed by atoms with Gasteiger partial charge in [0.2, 0.25) is 0 Å². The number of carbonyl (C=O) groups is 9. The van der Waals surface area contributed by atoms with Gasteiger partial charge in [-0.2, -0.15) is 0 Å². The number of benzene rings is 1. The number of rotatable bonds is 25. The van der Waals surface area contributed by atoms with Gasteiger partial charge >= 0.3 is 47.8 Å². The van der Waals surface area contributed by atoms with Crippen molar-refractivity contribution in [3.8, 4) is 5.75 Å². The predicted octanol–water partition coefficient (Wildman–Crippen LogP) is 9.33. The van der Waals surface area contributed by atoms with Crippen molar-refractivity contribution >= 4 is 123 Å². The van der Waals surface area contributed by atoms with E-state index < -0.39 is 70.4 Å². The molecule has 1 aromatic carbocycles. The molecule has 2 atom stereocenters. The molecule has 26 heteroatoms. The molecule has 10 N–H and O–H groups in total. The summed E-state index contributed by atoms with van der Waals surface area (Å²) in [5, 5.41) is 81.9. The van der Waals surface area contributed by atoms with Crippen LogP contribution in [0.5, 0.6) is 5.75 Å². The number of carbonyl (C=O) groups excluding carboxylic acids is 1. The summed E-state index contributed by atoms with van der Waals surface area (Å²) in [6.45, 7) is 8.27. The second kappa shape index (κ2) is 49.0. The molecule has 68 heavy (non-hydrogen) atoms. The first-order valence-electron chi connectivity index (χ1n) is 20.1. The molecule has 0 amide bonds. The van der Waals surface area contributed by atoms with Crippen LogP contribution in [0.25, 0.3) is 0 Å². The maximum absolute atomic E-state index is 10.2. The molecule has 0 saturated carbocycles. The zero-order chi connectivity index (χ0) is 54.4. The second-order valence-corrected chi connectivity index (χ2v) is 16.6. The molecule has 0 spiro atoms. The van der Waals surface area contributed by atoms with E-state index in [1.807, 2.05) is 6.08 Å². The number of Topliss-reactive ketones (excluding diaryl/α,β-unsaturated/α-hetero) is 1. The summed E-state index contributed by atoms with van der Waals surface area (Å²) in [5.41, 5.74) is 0. The Balaban J connectivity index is -0.000000168. The third-order valence-corrected chi connectivity index (χ3v) is 8.38. The zero-order valence-corrected chi connectivity index (χ0v) is 42.1. The van der Waals surface area contributed by atoms with Gasteiger partial charge in [0.25, 0.3) is 3.79 Å². The molecule has 392 valence electrons. The maximum atomic E-state index is 10.2. The Morgan fingerprint density at radius 3 is 1.26 bits per heavy atom. The second-order valence-electron chi connectivity index (χ2n) is 13.1. The number of allylic oxidation sites excluding steroid dienone is 2. The largest absolute Gasteiger partial charge is 0.481 e. The van der Waals surface area contributed by atoms with Gasteiger partial charge in [0.05, 0.1) is 15.1 Å². The van der Waals surface area contributed by atoms with Crippen molar-refractivity contribution in [2.75, 3.05) is 6.61 Å². The van der Waals surface area contributed by atoms with Crippen molar-refractivity contribution in [3.63, 3.8) is 0 Å². The summed E-state index contributed by atoms with van der Waals surface area (Å²) in [6.07, 6.45) is 15.1. The van der Waals surface area contributed by atoms with E-state index in [2.05, 4.69) is 13.5 Å². The van der Waals surface area contributed by atoms with E-state index in [-0.39, 0.29) is 28.0 Å². The average Bonchev–Trinajstić information content (AvgIpc) is 3.20. The van der Waals surface area contributed by atoms with Gasteiger partial charge < -0.3 is 55.8 Å². The van der Waals surface area contributed by atoms with E-state index in [9.17, 15) is 43.2 Å². The first-order chi connectivity index (χ1) is 31.3. The van der Waals surface area contributed by atoms with Gasteiger partial charge in [0.1, 0.15) is 18.0 Å². The third-order valence-electron chi connectivity index (χ3n) is 6.88. The monoisotopic (exact) mass is 1100 g/mol. The molecular weight excluding hydrogens is 1040 g/mol. The minimum absolute atomic E-state index is 0.198. The molecule has 20 nitrogen and oxygen atoms in total. The maximum Gasteiger partial charge on any atom is 0.356 e. The Hall–Kier alpha value is -4.41. The number of aliphatic carboxylic acids is 8. The van der Waals surface area contributed by atoms with E-state index in [0.717, 1.165) is 38.2 Å². The van der Waals surface area contributed by atoms with Gasteiger partial charge in [-0.05, 0) is 45.6 Å². The van der Waals surface area contributed by atoms with Crippen LogP contribution in [-0.4, -0.2) is 127 Å². The number of aliphatic hydroxyl groups excluding tert-OH is 2. The molecule has 2 unspecified atom stereocenters. The number of alkyl halides is 3. The Labute approximate surface area is 424 Å². The molecule has 0 aliphatic carbocycles. The summed E-state index contributed by atoms with van der Waals surface area (Å²) in [5.74, 6) is -9.50. The predicted molar refractivity (Wildman–Crippen MR) is 256 cm³/mol. The van der Waals surface area contributed by atoms with Crippen molar-refractivity contribution in [1.82, 2.24) is 0 Å². The van der Waals surface area contributed by atoms with Crippen molar-refractivity contribution in [2.24, 2.45) is 0 Å². The van der Waals surface area contributed by atoms with Crippen molar-refractivity contribution in [3.05, 3.63) is 52.0 Å². The molecule has 0 aromatic heterocycles. The standard InChI is InChI=1S/C11H20O2.C9H18O2.C8H5Cl3O3.C4H6O6.C4H6O3.C4H6O2.C2HCl3O2/c1-2-3-4-5-6-7-8-9-10-11(12)13;1-2-3-4-5-6-7-8-9(10)11;9-4-1-6(11)7(2-5(4)10)14-3-8(12)13;5-1(3(7)8)2(6)4(9)10;1-3(5)2-4(6)7;1-2-3-4(5)6;3-2(4,5)1(6)7/h2H,1,3-10H2,(H,12,13);2-8H2,1H3,(H,10,11);1-2H,3H2,(H,12,13);1-2,5-6H,(H,7,8)(H,9,10);2H2,1H3,(H,6,7);2-3H,1H3,(H,5,6);(H,6,7)/b;;;;;3-2+;. The van der Waals surface area contributed by atoms with Crippen molar-refractivity contribution in [1.29, 1.82) is 0 Å². The molecule has 0 radical (unpaired) electrons. The van der Waals surface area contributed by atoms with E-state index in [1.165, 1.54) is 76.5 Å². The summed E-state index contributed by atoms with van der Waals surface area (Å²) in [6, 6.07) is 2.76. The number of ketones is 1. The number of ether oxygens (including phenoxy) is 1. The van der Waals surface area contributed by atoms with Crippen LogP contribution in [0.2, 0.25) is 15.1 Å². The van der Waals surface area contributed by atoms with Crippen LogP contribution in [0.4, 0.5) is 0 Å². The first kappa shape index (κ1) is 75.1. The average molecular weight is 1100 g/mol. The van der Waals surface area contributed by atoms with Gasteiger partial charge in [0.15, 0.2) is 18.8 Å². The zero-order valence-electron chi connectivity index (χ0n) is 37.6. The molecule has 0 aliphatic heterocycles. The fourth-order valence-electron chi connectivity index (χ4n) is 3.71. The Morgan fingerprint density at radius 1 is 0.618 bits per heavy atom. The minimum Gasteiger partial charge on any atom is -0.481 e. The lowest BCUT2D eigenvalue weighted by atomic mass is 10.1. The van der Waals surface area contributed by atoms with Crippen molar-refractivity contribution in [2.45, 2.75) is 140 Å². The molecule has 0 bridgehead atoms. The highest BCUT2D eigenvalue weighted by atomic mass is 35.6. The minimum atomic E-state index is -2.27. The summed E-state index contributed by atoms with van der Waals surface area (Å²) in [4.78, 5) is 88.6. The smallest absolute Gasteiger partial charge is 0.356 e. The van der Waals surface area contributed by atoms with E-state index >= 15 is 0 Å². The molecule has 0 heterocycles. The molecule has 0 fully saturated rings. The van der Waals surface area contributed by atoms with E-state index in [4.69, 9.17) is 125 Å².